The third-order valence-electron chi connectivity index (χ3n) is 3.29. The minimum absolute atomic E-state index is 0.527. The third-order valence-corrected chi connectivity index (χ3v) is 3.29. The highest BCUT2D eigenvalue weighted by Gasteiger charge is 2.21. The van der Waals surface area contributed by atoms with Crippen LogP contribution >= 0.6 is 0 Å². The molecule has 4 heteroatoms. The van der Waals surface area contributed by atoms with E-state index in [-0.39, 0.29) is 0 Å². The highest BCUT2D eigenvalue weighted by atomic mass is 15.0. The van der Waals surface area contributed by atoms with Crippen LogP contribution in [0.2, 0.25) is 0 Å². The zero-order valence-electron chi connectivity index (χ0n) is 9.90. The van der Waals surface area contributed by atoms with Crippen molar-refractivity contribution in [1.29, 1.82) is 0 Å². The van der Waals surface area contributed by atoms with E-state index in [1.807, 2.05) is 18.3 Å². The van der Waals surface area contributed by atoms with Crippen LogP contribution in [0.1, 0.15) is 23.9 Å². The molecule has 1 atom stereocenters. The van der Waals surface area contributed by atoms with Gasteiger partial charge in [-0.2, -0.15) is 0 Å². The van der Waals surface area contributed by atoms with Crippen LogP contribution in [0.4, 0.5) is 0 Å². The van der Waals surface area contributed by atoms with Crippen molar-refractivity contribution < 1.29 is 0 Å². The van der Waals surface area contributed by atoms with Crippen LogP contribution in [0.15, 0.2) is 24.5 Å². The molecule has 1 fully saturated rings. The first-order chi connectivity index (χ1) is 8.34. The van der Waals surface area contributed by atoms with E-state index in [0.717, 1.165) is 35.9 Å². The van der Waals surface area contributed by atoms with Crippen LogP contribution in [0.5, 0.6) is 0 Å². The van der Waals surface area contributed by atoms with Gasteiger partial charge in [-0.25, -0.2) is 4.98 Å². The van der Waals surface area contributed by atoms with E-state index in [2.05, 4.69) is 22.2 Å². The van der Waals surface area contributed by atoms with Crippen LogP contribution in [-0.2, 0) is 0 Å². The lowest BCUT2D eigenvalue weighted by atomic mass is 10.1. The predicted octanol–water partition coefficient (Wildman–Crippen LogP) is 1.86. The summed E-state index contributed by atoms with van der Waals surface area (Å²) in [6, 6.07) is 3.99. The summed E-state index contributed by atoms with van der Waals surface area (Å²) < 4.78 is 0. The summed E-state index contributed by atoms with van der Waals surface area (Å²) in [7, 11) is 0. The Morgan fingerprint density at radius 2 is 2.35 bits per heavy atom. The molecule has 0 aromatic carbocycles. The van der Waals surface area contributed by atoms with Crippen molar-refractivity contribution >= 4 is 0 Å². The van der Waals surface area contributed by atoms with Gasteiger partial charge in [-0.15, -0.1) is 0 Å². The number of rotatable bonds is 2. The highest BCUT2D eigenvalue weighted by Crippen LogP contribution is 2.25. The van der Waals surface area contributed by atoms with Crippen molar-refractivity contribution in [3.05, 3.63) is 36.0 Å². The molecule has 1 saturated heterocycles. The zero-order chi connectivity index (χ0) is 11.7. The number of aryl methyl sites for hydroxylation is 1. The summed E-state index contributed by atoms with van der Waals surface area (Å²) in [5.74, 6) is 1.63. The SMILES string of the molecule is Cc1[nH]c(C2CCNC2)nc1-c1cccnc1. The van der Waals surface area contributed by atoms with Gasteiger partial charge in [0.1, 0.15) is 5.82 Å². The fraction of sp³-hybridized carbons (Fsp3) is 0.385. The second kappa shape index (κ2) is 4.30. The number of aromatic amines is 1. The molecular weight excluding hydrogens is 212 g/mol. The van der Waals surface area contributed by atoms with Crippen LogP contribution in [0.25, 0.3) is 11.3 Å². The number of pyridine rings is 1. The van der Waals surface area contributed by atoms with Crippen LogP contribution in [0, 0.1) is 6.92 Å². The van der Waals surface area contributed by atoms with Gasteiger partial charge in [-0.1, -0.05) is 0 Å². The predicted molar refractivity (Wildman–Crippen MR) is 66.8 cm³/mol. The lowest BCUT2D eigenvalue weighted by Gasteiger charge is -2.02. The van der Waals surface area contributed by atoms with Crippen molar-refractivity contribution in [1.82, 2.24) is 20.3 Å². The molecule has 0 spiro atoms. The Morgan fingerprint density at radius 1 is 1.41 bits per heavy atom. The molecule has 17 heavy (non-hydrogen) atoms. The number of hydrogen-bond donors (Lipinski definition) is 2. The normalized spacial score (nSPS) is 19.7. The van der Waals surface area contributed by atoms with Gasteiger partial charge in [0.15, 0.2) is 0 Å². The quantitative estimate of drug-likeness (QED) is 0.825. The molecule has 3 rings (SSSR count). The van der Waals surface area contributed by atoms with E-state index >= 15 is 0 Å². The summed E-state index contributed by atoms with van der Waals surface area (Å²) in [4.78, 5) is 12.3. The lowest BCUT2D eigenvalue weighted by molar-refractivity contribution is 0.713. The average molecular weight is 228 g/mol. The van der Waals surface area contributed by atoms with Gasteiger partial charge in [0.05, 0.1) is 5.69 Å². The standard InChI is InChI=1S/C13H16N4/c1-9-12(10-3-2-5-14-7-10)17-13(16-9)11-4-6-15-8-11/h2-3,5,7,11,15H,4,6,8H2,1H3,(H,16,17). The van der Waals surface area contributed by atoms with E-state index in [4.69, 9.17) is 4.98 Å². The number of hydrogen-bond acceptors (Lipinski definition) is 3. The first-order valence-electron chi connectivity index (χ1n) is 6.02. The Hall–Kier alpha value is -1.68. The van der Waals surface area contributed by atoms with E-state index < -0.39 is 0 Å². The number of nitrogens with zero attached hydrogens (tertiary/aromatic N) is 2. The Bertz CT molecular complexity index is 497. The fourth-order valence-corrected chi connectivity index (χ4v) is 2.35. The maximum Gasteiger partial charge on any atom is 0.111 e. The van der Waals surface area contributed by atoms with Gasteiger partial charge in [0.25, 0.3) is 0 Å². The molecule has 1 aliphatic heterocycles. The van der Waals surface area contributed by atoms with E-state index in [1.54, 1.807) is 6.20 Å². The second-order valence-corrected chi connectivity index (χ2v) is 4.53. The molecule has 0 amide bonds. The van der Waals surface area contributed by atoms with E-state index in [1.165, 1.54) is 6.42 Å². The molecule has 0 aliphatic carbocycles. The molecular formula is C13H16N4. The Morgan fingerprint density at radius 3 is 3.06 bits per heavy atom. The Kier molecular flexibility index (Phi) is 2.65. The number of aromatic nitrogens is 3. The molecule has 1 aliphatic rings. The first-order valence-corrected chi connectivity index (χ1v) is 6.02. The molecule has 2 aromatic rings. The van der Waals surface area contributed by atoms with E-state index in [0.29, 0.717) is 5.92 Å². The van der Waals surface area contributed by atoms with Gasteiger partial charge in [0, 0.05) is 36.1 Å². The van der Waals surface area contributed by atoms with Gasteiger partial charge in [-0.3, -0.25) is 4.98 Å². The first kappa shape index (κ1) is 10.5. The van der Waals surface area contributed by atoms with Crippen LogP contribution in [-0.4, -0.2) is 28.0 Å². The summed E-state index contributed by atoms with van der Waals surface area (Å²) in [5, 5.41) is 3.37. The smallest absolute Gasteiger partial charge is 0.111 e. The molecule has 88 valence electrons. The topological polar surface area (TPSA) is 53.6 Å². The molecule has 0 bridgehead atoms. The number of imidazole rings is 1. The number of H-pyrrole nitrogens is 1. The second-order valence-electron chi connectivity index (χ2n) is 4.53. The largest absolute Gasteiger partial charge is 0.345 e. The third kappa shape index (κ3) is 1.96. The van der Waals surface area contributed by atoms with Gasteiger partial charge >= 0.3 is 0 Å². The maximum absolute atomic E-state index is 4.73. The van der Waals surface area contributed by atoms with Crippen molar-refractivity contribution in [2.45, 2.75) is 19.3 Å². The molecule has 2 N–H and O–H groups in total. The van der Waals surface area contributed by atoms with Gasteiger partial charge < -0.3 is 10.3 Å². The van der Waals surface area contributed by atoms with Crippen molar-refractivity contribution in [3.63, 3.8) is 0 Å². The molecule has 0 radical (unpaired) electrons. The maximum atomic E-state index is 4.73. The Balaban J connectivity index is 1.96. The monoisotopic (exact) mass is 228 g/mol. The van der Waals surface area contributed by atoms with Gasteiger partial charge in [0.2, 0.25) is 0 Å². The van der Waals surface area contributed by atoms with Crippen molar-refractivity contribution in [3.8, 4) is 11.3 Å². The fourth-order valence-electron chi connectivity index (χ4n) is 2.35. The minimum atomic E-state index is 0.527. The molecule has 2 aromatic heterocycles. The van der Waals surface area contributed by atoms with Gasteiger partial charge in [-0.05, 0) is 32.0 Å². The summed E-state index contributed by atoms with van der Waals surface area (Å²) in [6.07, 6.45) is 4.81. The molecule has 4 nitrogen and oxygen atoms in total. The number of nitrogens with one attached hydrogen (secondary N) is 2. The van der Waals surface area contributed by atoms with Crippen molar-refractivity contribution in [2.75, 3.05) is 13.1 Å². The molecule has 3 heterocycles. The summed E-state index contributed by atoms with van der Waals surface area (Å²) in [5.41, 5.74) is 3.23. The highest BCUT2D eigenvalue weighted by molar-refractivity contribution is 5.60. The minimum Gasteiger partial charge on any atom is -0.345 e. The average Bonchev–Trinajstić information content (AvgIpc) is 2.99. The summed E-state index contributed by atoms with van der Waals surface area (Å²) >= 11 is 0. The van der Waals surface area contributed by atoms with Crippen LogP contribution in [0.3, 0.4) is 0 Å². The Labute approximate surface area is 101 Å². The lowest BCUT2D eigenvalue weighted by Crippen LogP contribution is -2.08. The zero-order valence-corrected chi connectivity index (χ0v) is 9.90. The molecule has 0 saturated carbocycles. The molecule has 1 unspecified atom stereocenters. The van der Waals surface area contributed by atoms with E-state index in [9.17, 15) is 0 Å². The van der Waals surface area contributed by atoms with Crippen LogP contribution < -0.4 is 5.32 Å². The van der Waals surface area contributed by atoms with Crippen molar-refractivity contribution in [2.24, 2.45) is 0 Å². The summed E-state index contributed by atoms with van der Waals surface area (Å²) in [6.45, 7) is 4.19.